The average Bonchev–Trinajstić information content (AvgIpc) is 2.64. The van der Waals surface area contributed by atoms with Crippen molar-refractivity contribution in [3.05, 3.63) is 83.4 Å². The molecular weight excluding hydrogens is 331 g/mol. The SMILES string of the molecule is Cc1ccc(C(=O)P2(=O)Oc3ccccc3-c3ccccc32)cc1C. The molecule has 1 heterocycles. The number of hydrogen-bond donors (Lipinski definition) is 0. The van der Waals surface area contributed by atoms with Gasteiger partial charge in [-0.1, -0.05) is 48.5 Å². The van der Waals surface area contributed by atoms with E-state index in [0.717, 1.165) is 22.3 Å². The maximum atomic E-state index is 13.7. The Morgan fingerprint density at radius 1 is 0.840 bits per heavy atom. The molecule has 3 aromatic carbocycles. The number of carbonyl (C=O) groups excluding carboxylic acids is 1. The van der Waals surface area contributed by atoms with Gasteiger partial charge in [0.05, 0.1) is 5.30 Å². The molecular formula is C21H17O3P. The highest BCUT2D eigenvalue weighted by Crippen LogP contribution is 2.56. The smallest absolute Gasteiger partial charge is 0.347 e. The Morgan fingerprint density at radius 3 is 2.28 bits per heavy atom. The first kappa shape index (κ1) is 15.9. The Bertz CT molecular complexity index is 1050. The van der Waals surface area contributed by atoms with Gasteiger partial charge in [-0.2, -0.15) is 0 Å². The zero-order chi connectivity index (χ0) is 17.6. The van der Waals surface area contributed by atoms with Crippen molar-refractivity contribution in [3.8, 4) is 16.9 Å². The summed E-state index contributed by atoms with van der Waals surface area (Å²) in [5.41, 5.74) is 3.69. The molecule has 1 aliphatic rings. The van der Waals surface area contributed by atoms with Crippen molar-refractivity contribution in [2.45, 2.75) is 13.8 Å². The van der Waals surface area contributed by atoms with Gasteiger partial charge in [0, 0.05) is 11.1 Å². The lowest BCUT2D eigenvalue weighted by molar-refractivity contribution is 0.106. The van der Waals surface area contributed by atoms with E-state index >= 15 is 0 Å². The predicted molar refractivity (Wildman–Crippen MR) is 100.0 cm³/mol. The van der Waals surface area contributed by atoms with Gasteiger partial charge in [-0.25, -0.2) is 0 Å². The van der Waals surface area contributed by atoms with Gasteiger partial charge in [-0.3, -0.25) is 9.36 Å². The molecule has 1 atom stereocenters. The maximum Gasteiger partial charge on any atom is 0.347 e. The second-order valence-corrected chi connectivity index (χ2v) is 8.43. The molecule has 0 aliphatic carbocycles. The van der Waals surface area contributed by atoms with Crippen LogP contribution in [-0.4, -0.2) is 5.52 Å². The lowest BCUT2D eigenvalue weighted by atomic mass is 10.0. The average molecular weight is 348 g/mol. The van der Waals surface area contributed by atoms with Crippen LogP contribution in [0.4, 0.5) is 0 Å². The molecule has 0 radical (unpaired) electrons. The largest absolute Gasteiger partial charge is 0.434 e. The molecule has 1 unspecified atom stereocenters. The van der Waals surface area contributed by atoms with Gasteiger partial charge in [-0.05, 0) is 48.7 Å². The quantitative estimate of drug-likeness (QED) is 0.605. The summed E-state index contributed by atoms with van der Waals surface area (Å²) in [4.78, 5) is 13.2. The molecule has 0 saturated heterocycles. The van der Waals surface area contributed by atoms with Gasteiger partial charge >= 0.3 is 7.37 Å². The second kappa shape index (κ2) is 5.72. The molecule has 3 nitrogen and oxygen atoms in total. The van der Waals surface area contributed by atoms with Crippen LogP contribution in [0.1, 0.15) is 21.5 Å². The number of fused-ring (bicyclic) bond motifs is 3. The lowest BCUT2D eigenvalue weighted by Gasteiger charge is -2.27. The van der Waals surface area contributed by atoms with E-state index in [1.54, 1.807) is 30.3 Å². The van der Waals surface area contributed by atoms with E-state index in [0.29, 0.717) is 16.6 Å². The molecule has 0 fully saturated rings. The number of carbonyl (C=O) groups is 1. The summed E-state index contributed by atoms with van der Waals surface area (Å²) >= 11 is 0. The fourth-order valence-corrected chi connectivity index (χ4v) is 5.22. The monoisotopic (exact) mass is 348 g/mol. The molecule has 0 spiro atoms. The summed E-state index contributed by atoms with van der Waals surface area (Å²) in [5.74, 6) is 0.488. The minimum absolute atomic E-state index is 0.417. The third kappa shape index (κ3) is 2.43. The molecule has 3 aromatic rings. The van der Waals surface area contributed by atoms with Gasteiger partial charge in [0.2, 0.25) is 0 Å². The third-order valence-electron chi connectivity index (χ3n) is 4.65. The van der Waals surface area contributed by atoms with E-state index in [2.05, 4.69) is 0 Å². The normalized spacial score (nSPS) is 18.0. The minimum Gasteiger partial charge on any atom is -0.434 e. The van der Waals surface area contributed by atoms with E-state index in [4.69, 9.17) is 4.52 Å². The van der Waals surface area contributed by atoms with Gasteiger partial charge in [0.25, 0.3) is 5.52 Å². The van der Waals surface area contributed by atoms with Crippen LogP contribution in [0.25, 0.3) is 11.1 Å². The highest BCUT2D eigenvalue weighted by molar-refractivity contribution is 7.84. The third-order valence-corrected chi connectivity index (χ3v) is 6.92. The van der Waals surface area contributed by atoms with Crippen molar-refractivity contribution in [1.82, 2.24) is 0 Å². The van der Waals surface area contributed by atoms with Gasteiger partial charge < -0.3 is 4.52 Å². The standard InChI is InChI=1S/C21H17O3P/c1-14-11-12-16(13-15(14)2)21(22)25(23)20-10-6-4-8-18(20)17-7-3-5-9-19(17)24-25/h3-13H,1-2H3. The second-order valence-electron chi connectivity index (χ2n) is 6.26. The summed E-state index contributed by atoms with van der Waals surface area (Å²) in [5, 5.41) is 0.469. The van der Waals surface area contributed by atoms with Crippen LogP contribution < -0.4 is 9.83 Å². The summed E-state index contributed by atoms with van der Waals surface area (Å²) in [6.45, 7) is 3.92. The van der Waals surface area contributed by atoms with Gasteiger partial charge in [-0.15, -0.1) is 0 Å². The molecule has 1 aliphatic heterocycles. The minimum atomic E-state index is -3.72. The molecule has 0 bridgehead atoms. The van der Waals surface area contributed by atoms with E-state index in [9.17, 15) is 9.36 Å². The summed E-state index contributed by atoms with van der Waals surface area (Å²) < 4.78 is 19.6. The van der Waals surface area contributed by atoms with E-state index in [1.165, 1.54) is 0 Å². The maximum absolute atomic E-state index is 13.7. The van der Waals surface area contributed by atoms with Crippen LogP contribution in [0.2, 0.25) is 0 Å². The Kier molecular flexibility index (Phi) is 3.63. The Labute approximate surface area is 146 Å². The first-order valence-electron chi connectivity index (χ1n) is 8.11. The Morgan fingerprint density at radius 2 is 1.52 bits per heavy atom. The zero-order valence-electron chi connectivity index (χ0n) is 14.0. The summed E-state index contributed by atoms with van der Waals surface area (Å²) in [7, 11) is -3.72. The first-order chi connectivity index (χ1) is 12.0. The molecule has 4 rings (SSSR count). The summed E-state index contributed by atoms with van der Waals surface area (Å²) in [6, 6.07) is 20.0. The number of para-hydroxylation sites is 1. The molecule has 4 heteroatoms. The van der Waals surface area contributed by atoms with Crippen molar-refractivity contribution in [3.63, 3.8) is 0 Å². The number of benzene rings is 3. The molecule has 124 valence electrons. The van der Waals surface area contributed by atoms with Crippen molar-refractivity contribution < 1.29 is 13.9 Å². The summed E-state index contributed by atoms with van der Waals surface area (Å²) in [6.07, 6.45) is 0. The van der Waals surface area contributed by atoms with Gasteiger partial charge in [0.1, 0.15) is 5.75 Å². The van der Waals surface area contributed by atoms with Crippen LogP contribution in [0, 0.1) is 13.8 Å². The van der Waals surface area contributed by atoms with E-state index in [1.807, 2.05) is 50.2 Å². The highest BCUT2D eigenvalue weighted by atomic mass is 31.2. The first-order valence-corrected chi connectivity index (χ1v) is 9.74. The van der Waals surface area contributed by atoms with Crippen LogP contribution in [0.5, 0.6) is 5.75 Å². The van der Waals surface area contributed by atoms with Crippen molar-refractivity contribution in [2.75, 3.05) is 0 Å². The van der Waals surface area contributed by atoms with Crippen molar-refractivity contribution >= 4 is 18.2 Å². The van der Waals surface area contributed by atoms with Gasteiger partial charge in [0.15, 0.2) is 0 Å². The number of aryl methyl sites for hydroxylation is 2. The Balaban J connectivity index is 1.91. The highest BCUT2D eigenvalue weighted by Gasteiger charge is 2.43. The molecule has 0 amide bonds. The molecule has 0 saturated carbocycles. The molecule has 25 heavy (non-hydrogen) atoms. The fraction of sp³-hybridized carbons (Fsp3) is 0.0952. The van der Waals surface area contributed by atoms with Crippen molar-refractivity contribution in [2.24, 2.45) is 0 Å². The number of rotatable bonds is 2. The molecule has 0 N–H and O–H groups in total. The Hall–Kier alpha value is -2.64. The lowest BCUT2D eigenvalue weighted by Crippen LogP contribution is -2.23. The van der Waals surface area contributed by atoms with E-state index < -0.39 is 12.9 Å². The zero-order valence-corrected chi connectivity index (χ0v) is 14.9. The topological polar surface area (TPSA) is 43.4 Å². The van der Waals surface area contributed by atoms with Crippen LogP contribution >= 0.6 is 7.37 Å². The van der Waals surface area contributed by atoms with Crippen molar-refractivity contribution in [1.29, 1.82) is 0 Å². The van der Waals surface area contributed by atoms with Crippen LogP contribution in [0.3, 0.4) is 0 Å². The number of hydrogen-bond acceptors (Lipinski definition) is 3. The van der Waals surface area contributed by atoms with Crippen LogP contribution in [-0.2, 0) is 4.57 Å². The fourth-order valence-electron chi connectivity index (χ4n) is 3.11. The predicted octanol–water partition coefficient (Wildman–Crippen LogP) is 5.11. The van der Waals surface area contributed by atoms with E-state index in [-0.39, 0.29) is 0 Å². The van der Waals surface area contributed by atoms with Crippen LogP contribution in [0.15, 0.2) is 66.7 Å². The molecule has 0 aromatic heterocycles.